The monoisotopic (exact) mass is 418 g/mol. The number of carbonyl (C=O) groups excluding carboxylic acids is 2. The molecule has 2 N–H and O–H groups in total. The van der Waals surface area contributed by atoms with Gasteiger partial charge in [-0.05, 0) is 60.5 Å². The Kier molecular flexibility index (Phi) is 7.20. The number of rotatable bonds is 7. The molecule has 3 rings (SSSR count). The average molecular weight is 419 g/mol. The van der Waals surface area contributed by atoms with E-state index in [0.717, 1.165) is 28.0 Å². The first-order valence-electron chi connectivity index (χ1n) is 9.98. The molecule has 1 atom stereocenters. The molecule has 5 heteroatoms. The van der Waals surface area contributed by atoms with Crippen LogP contribution in [0.15, 0.2) is 71.7 Å². The molecule has 0 bridgehead atoms. The fourth-order valence-corrected chi connectivity index (χ4v) is 3.96. The molecule has 4 nitrogen and oxygen atoms in total. The number of benzene rings is 2. The molecule has 0 saturated carbocycles. The number of nitrogens with one attached hydrogen (secondary N) is 2. The Labute approximate surface area is 181 Å². The number of hydrogen-bond donors (Lipinski definition) is 2. The van der Waals surface area contributed by atoms with Crippen molar-refractivity contribution in [2.75, 3.05) is 0 Å². The van der Waals surface area contributed by atoms with Crippen LogP contribution in [-0.4, -0.2) is 11.8 Å². The molecule has 0 spiro atoms. The Morgan fingerprint density at radius 1 is 0.967 bits per heavy atom. The second kappa shape index (κ2) is 10.0. The molecule has 0 unspecified atom stereocenters. The number of amides is 2. The summed E-state index contributed by atoms with van der Waals surface area (Å²) in [6.07, 6.45) is 2.47. The zero-order chi connectivity index (χ0) is 21.5. The molecule has 0 aliphatic carbocycles. The van der Waals surface area contributed by atoms with Crippen molar-refractivity contribution in [1.29, 1.82) is 0 Å². The van der Waals surface area contributed by atoms with Gasteiger partial charge in [-0.2, -0.15) is 0 Å². The second-order valence-electron chi connectivity index (χ2n) is 7.13. The van der Waals surface area contributed by atoms with Crippen molar-refractivity contribution >= 4 is 29.2 Å². The highest BCUT2D eigenvalue weighted by Gasteiger charge is 2.20. The van der Waals surface area contributed by atoms with Gasteiger partial charge in [0.25, 0.3) is 11.8 Å². The Hall–Kier alpha value is -3.18. The summed E-state index contributed by atoms with van der Waals surface area (Å²) in [7, 11) is 0. The standard InChI is InChI=1S/C25H26N2O2S/c1-4-22(20-13-7-5-10-17(20)2)26-25(29)23(16-19-12-9-15-30-19)27-24(28)21-14-8-6-11-18(21)3/h5-16,22H,4H2,1-3H3,(H,26,29)(H,27,28)/b23-16-/t22-/m0/s1. The summed E-state index contributed by atoms with van der Waals surface area (Å²) in [4.78, 5) is 26.9. The lowest BCUT2D eigenvalue weighted by Crippen LogP contribution is -2.37. The number of carbonyl (C=O) groups is 2. The van der Waals surface area contributed by atoms with Gasteiger partial charge in [0.2, 0.25) is 0 Å². The van der Waals surface area contributed by atoms with Gasteiger partial charge in [-0.3, -0.25) is 9.59 Å². The SMILES string of the molecule is CC[C@H](NC(=O)/C(=C/c1cccs1)NC(=O)c1ccccc1C)c1ccccc1C. The predicted octanol–water partition coefficient (Wildman–Crippen LogP) is 5.40. The first-order chi connectivity index (χ1) is 14.5. The van der Waals surface area contributed by atoms with Crippen molar-refractivity contribution in [2.45, 2.75) is 33.2 Å². The molecule has 1 heterocycles. The van der Waals surface area contributed by atoms with E-state index in [1.807, 2.05) is 80.7 Å². The van der Waals surface area contributed by atoms with Gasteiger partial charge in [0.15, 0.2) is 0 Å². The molecule has 1 aromatic heterocycles. The van der Waals surface area contributed by atoms with Crippen LogP contribution in [0.1, 0.15) is 51.3 Å². The van der Waals surface area contributed by atoms with Gasteiger partial charge in [-0.25, -0.2) is 0 Å². The first-order valence-corrected chi connectivity index (χ1v) is 10.9. The van der Waals surface area contributed by atoms with Crippen molar-refractivity contribution < 1.29 is 9.59 Å². The van der Waals surface area contributed by atoms with Gasteiger partial charge < -0.3 is 10.6 Å². The Morgan fingerprint density at radius 3 is 2.30 bits per heavy atom. The van der Waals surface area contributed by atoms with E-state index in [2.05, 4.69) is 10.6 Å². The zero-order valence-electron chi connectivity index (χ0n) is 17.4. The van der Waals surface area contributed by atoms with Crippen molar-refractivity contribution in [2.24, 2.45) is 0 Å². The van der Waals surface area contributed by atoms with Gasteiger partial charge in [0, 0.05) is 10.4 Å². The summed E-state index contributed by atoms with van der Waals surface area (Å²) >= 11 is 1.51. The van der Waals surface area contributed by atoms with Crippen molar-refractivity contribution in [3.63, 3.8) is 0 Å². The van der Waals surface area contributed by atoms with Crippen molar-refractivity contribution in [3.05, 3.63) is 98.9 Å². The average Bonchev–Trinajstić information content (AvgIpc) is 3.25. The largest absolute Gasteiger partial charge is 0.344 e. The van der Waals surface area contributed by atoms with Gasteiger partial charge in [0.1, 0.15) is 5.70 Å². The summed E-state index contributed by atoms with van der Waals surface area (Å²) in [6, 6.07) is 19.0. The number of hydrogen-bond acceptors (Lipinski definition) is 3. The molecular formula is C25H26N2O2S. The maximum atomic E-state index is 13.2. The topological polar surface area (TPSA) is 58.2 Å². The minimum Gasteiger partial charge on any atom is -0.344 e. The highest BCUT2D eigenvalue weighted by Crippen LogP contribution is 2.21. The third kappa shape index (κ3) is 5.24. The van der Waals surface area contributed by atoms with Crippen LogP contribution in [0.2, 0.25) is 0 Å². The minimum absolute atomic E-state index is 0.138. The third-order valence-electron chi connectivity index (χ3n) is 4.99. The lowest BCUT2D eigenvalue weighted by atomic mass is 9.99. The van der Waals surface area contributed by atoms with E-state index in [4.69, 9.17) is 0 Å². The zero-order valence-corrected chi connectivity index (χ0v) is 18.3. The van der Waals surface area contributed by atoms with Gasteiger partial charge in [0.05, 0.1) is 6.04 Å². The van der Waals surface area contributed by atoms with Crippen molar-refractivity contribution in [1.82, 2.24) is 10.6 Å². The van der Waals surface area contributed by atoms with Crippen LogP contribution in [0.4, 0.5) is 0 Å². The van der Waals surface area contributed by atoms with Crippen LogP contribution in [0.3, 0.4) is 0 Å². The van der Waals surface area contributed by atoms with Crippen LogP contribution in [-0.2, 0) is 4.79 Å². The van der Waals surface area contributed by atoms with E-state index >= 15 is 0 Å². The third-order valence-corrected chi connectivity index (χ3v) is 5.81. The molecule has 154 valence electrons. The predicted molar refractivity (Wildman–Crippen MR) is 123 cm³/mol. The van der Waals surface area contributed by atoms with Crippen LogP contribution in [0.5, 0.6) is 0 Å². The highest BCUT2D eigenvalue weighted by molar-refractivity contribution is 7.10. The maximum absolute atomic E-state index is 13.2. The van der Waals surface area contributed by atoms with E-state index in [-0.39, 0.29) is 23.6 Å². The first kappa shape index (κ1) is 21.5. The van der Waals surface area contributed by atoms with E-state index in [1.54, 1.807) is 12.1 Å². The van der Waals surface area contributed by atoms with Crippen LogP contribution in [0, 0.1) is 13.8 Å². The summed E-state index contributed by atoms with van der Waals surface area (Å²) in [5, 5.41) is 7.85. The van der Waals surface area contributed by atoms with Crippen LogP contribution in [0.25, 0.3) is 6.08 Å². The Balaban J connectivity index is 1.87. The molecular weight excluding hydrogens is 392 g/mol. The van der Waals surface area contributed by atoms with Gasteiger partial charge >= 0.3 is 0 Å². The quantitative estimate of drug-likeness (QED) is 0.505. The second-order valence-corrected chi connectivity index (χ2v) is 8.11. The molecule has 0 aliphatic rings. The van der Waals surface area contributed by atoms with Crippen molar-refractivity contribution in [3.8, 4) is 0 Å². The fraction of sp³-hybridized carbons (Fsp3) is 0.200. The molecule has 0 radical (unpaired) electrons. The van der Waals surface area contributed by atoms with Crippen LogP contribution >= 0.6 is 11.3 Å². The maximum Gasteiger partial charge on any atom is 0.268 e. The molecule has 0 saturated heterocycles. The summed E-state index contributed by atoms with van der Waals surface area (Å²) in [5.41, 5.74) is 3.84. The molecule has 30 heavy (non-hydrogen) atoms. The number of thiophene rings is 1. The molecule has 0 aliphatic heterocycles. The minimum atomic E-state index is -0.305. The Morgan fingerprint density at radius 2 is 1.67 bits per heavy atom. The number of aryl methyl sites for hydroxylation is 2. The van der Waals surface area contributed by atoms with E-state index in [9.17, 15) is 9.59 Å². The smallest absolute Gasteiger partial charge is 0.268 e. The molecule has 2 amide bonds. The molecule has 2 aromatic carbocycles. The van der Waals surface area contributed by atoms with Gasteiger partial charge in [-0.15, -0.1) is 11.3 Å². The fourth-order valence-electron chi connectivity index (χ4n) is 3.30. The lowest BCUT2D eigenvalue weighted by molar-refractivity contribution is -0.118. The summed E-state index contributed by atoms with van der Waals surface area (Å²) in [5.74, 6) is -0.601. The van der Waals surface area contributed by atoms with E-state index in [1.165, 1.54) is 11.3 Å². The lowest BCUT2D eigenvalue weighted by Gasteiger charge is -2.21. The van der Waals surface area contributed by atoms with E-state index in [0.29, 0.717) is 5.56 Å². The normalized spacial score (nSPS) is 12.3. The van der Waals surface area contributed by atoms with Crippen LogP contribution < -0.4 is 10.6 Å². The molecule has 0 fully saturated rings. The molecule has 3 aromatic rings. The highest BCUT2D eigenvalue weighted by atomic mass is 32.1. The summed E-state index contributed by atoms with van der Waals surface area (Å²) in [6.45, 7) is 5.95. The Bertz CT molecular complexity index is 1050. The summed E-state index contributed by atoms with van der Waals surface area (Å²) < 4.78 is 0. The van der Waals surface area contributed by atoms with Gasteiger partial charge in [-0.1, -0.05) is 55.5 Å². The van der Waals surface area contributed by atoms with E-state index < -0.39 is 0 Å².